The first-order valence-corrected chi connectivity index (χ1v) is 9.77. The molecule has 2 saturated heterocycles. The molecule has 0 aromatic heterocycles. The summed E-state index contributed by atoms with van der Waals surface area (Å²) in [5.74, 6) is 2.71. The van der Waals surface area contributed by atoms with Crippen LogP contribution in [0.3, 0.4) is 0 Å². The van der Waals surface area contributed by atoms with Crippen molar-refractivity contribution in [2.24, 2.45) is 4.99 Å². The Morgan fingerprint density at radius 1 is 1.41 bits per heavy atom. The molecule has 1 unspecified atom stereocenters. The summed E-state index contributed by atoms with van der Waals surface area (Å²) in [6.45, 7) is 10.3. The number of hydrogen-bond acceptors (Lipinski definition) is 4. The number of nitrogens with one attached hydrogen (secondary N) is 2. The SMILES string of the molecule is CCNC(=NCC1(O)CCSC1)NC1CCN(C(C)C)CC1. The number of likely N-dealkylation sites (tertiary alicyclic amines) is 1. The van der Waals surface area contributed by atoms with Crippen molar-refractivity contribution in [2.75, 3.05) is 37.7 Å². The van der Waals surface area contributed by atoms with Crippen molar-refractivity contribution in [3.63, 3.8) is 0 Å². The van der Waals surface area contributed by atoms with Gasteiger partial charge in [-0.3, -0.25) is 4.99 Å². The second-order valence-electron chi connectivity index (χ2n) is 6.77. The molecule has 2 heterocycles. The van der Waals surface area contributed by atoms with Crippen LogP contribution in [0.5, 0.6) is 0 Å². The third-order valence-electron chi connectivity index (χ3n) is 4.56. The van der Waals surface area contributed by atoms with E-state index in [0.29, 0.717) is 18.6 Å². The number of thioether (sulfide) groups is 1. The zero-order chi connectivity index (χ0) is 16.0. The Labute approximate surface area is 139 Å². The highest BCUT2D eigenvalue weighted by atomic mass is 32.2. The predicted molar refractivity (Wildman–Crippen MR) is 95.7 cm³/mol. The zero-order valence-electron chi connectivity index (χ0n) is 14.3. The van der Waals surface area contributed by atoms with E-state index in [-0.39, 0.29) is 0 Å². The third-order valence-corrected chi connectivity index (χ3v) is 5.79. The molecule has 0 saturated carbocycles. The van der Waals surface area contributed by atoms with Crippen molar-refractivity contribution in [1.82, 2.24) is 15.5 Å². The second-order valence-corrected chi connectivity index (χ2v) is 7.88. The molecule has 0 aromatic rings. The number of aliphatic hydroxyl groups is 1. The number of hydrogen-bond donors (Lipinski definition) is 3. The van der Waals surface area contributed by atoms with Gasteiger partial charge in [-0.15, -0.1) is 0 Å². The Balaban J connectivity index is 1.83. The van der Waals surface area contributed by atoms with Gasteiger partial charge in [0.2, 0.25) is 0 Å². The van der Waals surface area contributed by atoms with Gasteiger partial charge in [0.05, 0.1) is 12.1 Å². The van der Waals surface area contributed by atoms with Crippen LogP contribution in [-0.4, -0.2) is 71.3 Å². The minimum Gasteiger partial charge on any atom is -0.387 e. The summed E-state index contributed by atoms with van der Waals surface area (Å²) in [4.78, 5) is 7.16. The van der Waals surface area contributed by atoms with Crippen LogP contribution in [0.2, 0.25) is 0 Å². The van der Waals surface area contributed by atoms with Crippen LogP contribution in [0.15, 0.2) is 4.99 Å². The maximum absolute atomic E-state index is 10.4. The summed E-state index contributed by atoms with van der Waals surface area (Å²) in [7, 11) is 0. The first kappa shape index (κ1) is 17.9. The standard InChI is InChI=1S/C16H32N4OS/c1-4-17-15(18-11-16(21)7-10-22-12-16)19-14-5-8-20(9-6-14)13(2)3/h13-14,21H,4-12H2,1-3H3,(H2,17,18,19). The summed E-state index contributed by atoms with van der Waals surface area (Å²) in [6.07, 6.45) is 3.17. The fraction of sp³-hybridized carbons (Fsp3) is 0.938. The van der Waals surface area contributed by atoms with E-state index in [2.05, 4.69) is 41.3 Å². The van der Waals surface area contributed by atoms with Crippen LogP contribution >= 0.6 is 11.8 Å². The highest BCUT2D eigenvalue weighted by Gasteiger charge is 2.31. The van der Waals surface area contributed by atoms with Crippen LogP contribution in [0.25, 0.3) is 0 Å². The highest BCUT2D eigenvalue weighted by molar-refractivity contribution is 7.99. The van der Waals surface area contributed by atoms with Crippen LogP contribution < -0.4 is 10.6 Å². The van der Waals surface area contributed by atoms with Crippen molar-refractivity contribution in [3.8, 4) is 0 Å². The lowest BCUT2D eigenvalue weighted by atomic mass is 10.0. The molecule has 0 radical (unpaired) electrons. The topological polar surface area (TPSA) is 59.9 Å². The van der Waals surface area contributed by atoms with E-state index in [1.807, 2.05) is 11.8 Å². The summed E-state index contributed by atoms with van der Waals surface area (Å²) >= 11 is 1.82. The summed E-state index contributed by atoms with van der Waals surface area (Å²) in [5, 5.41) is 17.3. The van der Waals surface area contributed by atoms with Gasteiger partial charge in [-0.1, -0.05) is 0 Å². The van der Waals surface area contributed by atoms with Gasteiger partial charge in [-0.05, 0) is 45.8 Å². The van der Waals surface area contributed by atoms with E-state index >= 15 is 0 Å². The molecule has 5 nitrogen and oxygen atoms in total. The third kappa shape index (κ3) is 5.32. The lowest BCUT2D eigenvalue weighted by Gasteiger charge is -2.35. The Morgan fingerprint density at radius 3 is 2.68 bits per heavy atom. The number of nitrogens with zero attached hydrogens (tertiary/aromatic N) is 2. The fourth-order valence-electron chi connectivity index (χ4n) is 3.02. The van der Waals surface area contributed by atoms with Crippen LogP contribution in [0, 0.1) is 0 Å². The molecule has 1 atom stereocenters. The average Bonchev–Trinajstić information content (AvgIpc) is 2.93. The largest absolute Gasteiger partial charge is 0.387 e. The van der Waals surface area contributed by atoms with E-state index in [1.54, 1.807) is 0 Å². The van der Waals surface area contributed by atoms with Crippen molar-refractivity contribution in [3.05, 3.63) is 0 Å². The molecule has 0 aromatic carbocycles. The van der Waals surface area contributed by atoms with Gasteiger partial charge in [0, 0.05) is 37.5 Å². The molecule has 2 aliphatic rings. The number of rotatable bonds is 5. The van der Waals surface area contributed by atoms with Crippen molar-refractivity contribution >= 4 is 17.7 Å². The molecule has 0 spiro atoms. The zero-order valence-corrected chi connectivity index (χ0v) is 15.1. The Kier molecular flexibility index (Phi) is 6.84. The first-order valence-electron chi connectivity index (χ1n) is 8.61. The van der Waals surface area contributed by atoms with Gasteiger partial charge in [0.1, 0.15) is 0 Å². The summed E-state index contributed by atoms with van der Waals surface area (Å²) in [5.41, 5.74) is -0.603. The Morgan fingerprint density at radius 2 is 2.14 bits per heavy atom. The van der Waals surface area contributed by atoms with Gasteiger partial charge in [-0.2, -0.15) is 11.8 Å². The molecular weight excluding hydrogens is 296 g/mol. The average molecular weight is 329 g/mol. The molecule has 0 bridgehead atoms. The van der Waals surface area contributed by atoms with Crippen LogP contribution in [0.4, 0.5) is 0 Å². The number of guanidine groups is 1. The maximum atomic E-state index is 10.4. The van der Waals surface area contributed by atoms with E-state index < -0.39 is 5.60 Å². The van der Waals surface area contributed by atoms with Gasteiger partial charge < -0.3 is 20.6 Å². The number of piperidine rings is 1. The second kappa shape index (κ2) is 8.41. The molecule has 0 aliphatic carbocycles. The molecule has 2 aliphatic heterocycles. The molecule has 128 valence electrons. The molecule has 6 heteroatoms. The lowest BCUT2D eigenvalue weighted by Crippen LogP contribution is -2.50. The highest BCUT2D eigenvalue weighted by Crippen LogP contribution is 2.27. The molecule has 2 fully saturated rings. The molecule has 2 rings (SSSR count). The molecular formula is C16H32N4OS. The van der Waals surface area contributed by atoms with Gasteiger partial charge in [0.25, 0.3) is 0 Å². The summed E-state index contributed by atoms with van der Waals surface area (Å²) in [6, 6.07) is 1.12. The van der Waals surface area contributed by atoms with Crippen LogP contribution in [-0.2, 0) is 0 Å². The fourth-order valence-corrected chi connectivity index (χ4v) is 4.31. The summed E-state index contributed by atoms with van der Waals surface area (Å²) < 4.78 is 0. The van der Waals surface area contributed by atoms with E-state index in [4.69, 9.17) is 0 Å². The van der Waals surface area contributed by atoms with E-state index in [0.717, 1.165) is 56.4 Å². The van der Waals surface area contributed by atoms with E-state index in [1.165, 1.54) is 0 Å². The van der Waals surface area contributed by atoms with Gasteiger partial charge in [0.15, 0.2) is 5.96 Å². The molecule has 22 heavy (non-hydrogen) atoms. The van der Waals surface area contributed by atoms with Crippen molar-refractivity contribution < 1.29 is 5.11 Å². The first-order chi connectivity index (χ1) is 10.5. The lowest BCUT2D eigenvalue weighted by molar-refractivity contribution is 0.0778. The van der Waals surface area contributed by atoms with Gasteiger partial charge >= 0.3 is 0 Å². The monoisotopic (exact) mass is 328 g/mol. The predicted octanol–water partition coefficient (Wildman–Crippen LogP) is 1.28. The van der Waals surface area contributed by atoms with Crippen LogP contribution in [0.1, 0.15) is 40.0 Å². The molecule has 3 N–H and O–H groups in total. The minimum absolute atomic E-state index is 0.486. The minimum atomic E-state index is -0.603. The molecule has 0 amide bonds. The quantitative estimate of drug-likeness (QED) is 0.524. The Hall–Kier alpha value is -0.460. The van der Waals surface area contributed by atoms with Crippen molar-refractivity contribution in [1.29, 1.82) is 0 Å². The smallest absolute Gasteiger partial charge is 0.191 e. The van der Waals surface area contributed by atoms with Gasteiger partial charge in [-0.25, -0.2) is 0 Å². The van der Waals surface area contributed by atoms with Crippen molar-refractivity contribution in [2.45, 2.75) is 57.7 Å². The number of aliphatic imine (C=N–C) groups is 1. The maximum Gasteiger partial charge on any atom is 0.191 e. The Bertz CT molecular complexity index is 361. The van der Waals surface area contributed by atoms with E-state index in [9.17, 15) is 5.11 Å². The normalized spacial score (nSPS) is 28.3.